The molecular formula is C11H13BrO2. The number of benzene rings is 1. The van der Waals surface area contributed by atoms with Crippen LogP contribution in [0.1, 0.15) is 18.9 Å². The molecule has 76 valence electrons. The lowest BCUT2D eigenvalue weighted by Crippen LogP contribution is -2.00. The highest BCUT2D eigenvalue weighted by atomic mass is 79.9. The second-order valence-corrected chi connectivity index (χ2v) is 3.89. The lowest BCUT2D eigenvalue weighted by Gasteiger charge is -2.05. The van der Waals surface area contributed by atoms with E-state index in [9.17, 15) is 4.79 Å². The number of carbonyl (C=O) groups is 1. The minimum atomic E-state index is 0.245. The normalized spacial score (nSPS) is 9.93. The Kier molecular flexibility index (Phi) is 4.14. The second-order valence-electron chi connectivity index (χ2n) is 3.04. The molecule has 1 aromatic carbocycles. The molecule has 0 aliphatic carbocycles. The molecule has 0 bridgehead atoms. The Hall–Kier alpha value is -0.830. The van der Waals surface area contributed by atoms with Gasteiger partial charge in [0.15, 0.2) is 0 Å². The number of hydrogen-bond donors (Lipinski definition) is 0. The number of hydrogen-bond acceptors (Lipinski definition) is 2. The molecule has 0 heterocycles. The third-order valence-electron chi connectivity index (χ3n) is 2.01. The highest BCUT2D eigenvalue weighted by Crippen LogP contribution is 2.25. The lowest BCUT2D eigenvalue weighted by molar-refractivity contribution is -0.118. The zero-order chi connectivity index (χ0) is 10.6. The fraction of sp³-hybridized carbons (Fsp3) is 0.364. The molecule has 0 amide bonds. The molecule has 0 aromatic heterocycles. The maximum Gasteiger partial charge on any atom is 0.136 e. The Morgan fingerprint density at radius 1 is 1.50 bits per heavy atom. The fourth-order valence-electron chi connectivity index (χ4n) is 1.17. The van der Waals surface area contributed by atoms with Gasteiger partial charge in [0, 0.05) is 12.8 Å². The van der Waals surface area contributed by atoms with Crippen molar-refractivity contribution in [2.75, 3.05) is 7.11 Å². The first-order valence-corrected chi connectivity index (χ1v) is 5.30. The summed E-state index contributed by atoms with van der Waals surface area (Å²) in [6, 6.07) is 5.72. The monoisotopic (exact) mass is 256 g/mol. The molecule has 1 rings (SSSR count). The van der Waals surface area contributed by atoms with Gasteiger partial charge in [-0.05, 0) is 33.6 Å². The molecule has 1 aromatic rings. The van der Waals surface area contributed by atoms with E-state index in [4.69, 9.17) is 4.74 Å². The number of rotatable bonds is 4. The highest BCUT2D eigenvalue weighted by molar-refractivity contribution is 9.10. The van der Waals surface area contributed by atoms with Gasteiger partial charge < -0.3 is 4.74 Å². The molecule has 0 saturated heterocycles. The van der Waals surface area contributed by atoms with Gasteiger partial charge >= 0.3 is 0 Å². The summed E-state index contributed by atoms with van der Waals surface area (Å²) in [5, 5.41) is 0. The molecule has 0 N–H and O–H groups in total. The quantitative estimate of drug-likeness (QED) is 0.828. The van der Waals surface area contributed by atoms with Crippen LogP contribution in [0.4, 0.5) is 0 Å². The van der Waals surface area contributed by atoms with Gasteiger partial charge in [0.1, 0.15) is 11.5 Å². The molecule has 0 spiro atoms. The summed E-state index contributed by atoms with van der Waals surface area (Å²) in [6.45, 7) is 1.87. The summed E-state index contributed by atoms with van der Waals surface area (Å²) in [5.41, 5.74) is 0.997. The van der Waals surface area contributed by atoms with Crippen LogP contribution in [0.2, 0.25) is 0 Å². The number of ketones is 1. The number of halogens is 1. The standard InChI is InChI=1S/C11H13BrO2/c1-3-9(13)6-8-4-5-10(12)11(7-8)14-2/h4-5,7H,3,6H2,1-2H3. The molecular weight excluding hydrogens is 244 g/mol. The molecule has 0 unspecified atom stereocenters. The van der Waals surface area contributed by atoms with Gasteiger partial charge in [0.2, 0.25) is 0 Å². The minimum absolute atomic E-state index is 0.245. The zero-order valence-electron chi connectivity index (χ0n) is 8.34. The molecule has 0 radical (unpaired) electrons. The predicted molar refractivity (Wildman–Crippen MR) is 59.7 cm³/mol. The van der Waals surface area contributed by atoms with Crippen LogP contribution in [0.3, 0.4) is 0 Å². The van der Waals surface area contributed by atoms with Crippen molar-refractivity contribution in [2.45, 2.75) is 19.8 Å². The average Bonchev–Trinajstić information content (AvgIpc) is 2.20. The Balaban J connectivity index is 2.84. The van der Waals surface area contributed by atoms with Crippen molar-refractivity contribution in [2.24, 2.45) is 0 Å². The van der Waals surface area contributed by atoms with Crippen LogP contribution >= 0.6 is 15.9 Å². The van der Waals surface area contributed by atoms with E-state index >= 15 is 0 Å². The number of methoxy groups -OCH3 is 1. The van der Waals surface area contributed by atoms with E-state index in [2.05, 4.69) is 15.9 Å². The number of Topliss-reactive ketones (excluding diaryl/α,β-unsaturated/α-hetero) is 1. The van der Waals surface area contributed by atoms with E-state index in [0.29, 0.717) is 12.8 Å². The third-order valence-corrected chi connectivity index (χ3v) is 2.67. The van der Waals surface area contributed by atoms with Gasteiger partial charge in [0.25, 0.3) is 0 Å². The second kappa shape index (κ2) is 5.15. The van der Waals surface area contributed by atoms with Crippen LogP contribution in [0.25, 0.3) is 0 Å². The van der Waals surface area contributed by atoms with E-state index in [0.717, 1.165) is 15.8 Å². The lowest BCUT2D eigenvalue weighted by atomic mass is 10.1. The van der Waals surface area contributed by atoms with Gasteiger partial charge in [-0.3, -0.25) is 4.79 Å². The van der Waals surface area contributed by atoms with Crippen LogP contribution in [0.15, 0.2) is 22.7 Å². The van der Waals surface area contributed by atoms with E-state index in [1.165, 1.54) is 0 Å². The van der Waals surface area contributed by atoms with Crippen LogP contribution in [-0.2, 0) is 11.2 Å². The summed E-state index contributed by atoms with van der Waals surface area (Å²) in [6.07, 6.45) is 1.07. The topological polar surface area (TPSA) is 26.3 Å². The van der Waals surface area contributed by atoms with Crippen molar-refractivity contribution in [3.8, 4) is 5.75 Å². The maximum absolute atomic E-state index is 11.2. The summed E-state index contributed by atoms with van der Waals surface area (Å²) >= 11 is 3.36. The van der Waals surface area contributed by atoms with E-state index in [1.54, 1.807) is 7.11 Å². The third kappa shape index (κ3) is 2.84. The van der Waals surface area contributed by atoms with Crippen LogP contribution < -0.4 is 4.74 Å². The van der Waals surface area contributed by atoms with Crippen molar-refractivity contribution in [1.29, 1.82) is 0 Å². The summed E-state index contributed by atoms with van der Waals surface area (Å²) in [5.74, 6) is 1.01. The largest absolute Gasteiger partial charge is 0.496 e. The Morgan fingerprint density at radius 3 is 2.79 bits per heavy atom. The molecule has 0 atom stereocenters. The first kappa shape index (κ1) is 11.2. The van der Waals surface area contributed by atoms with Gasteiger partial charge in [-0.15, -0.1) is 0 Å². The smallest absolute Gasteiger partial charge is 0.136 e. The predicted octanol–water partition coefficient (Wildman–Crippen LogP) is 2.98. The van der Waals surface area contributed by atoms with Crippen molar-refractivity contribution in [3.05, 3.63) is 28.2 Å². The van der Waals surface area contributed by atoms with Crippen LogP contribution in [0.5, 0.6) is 5.75 Å². The number of carbonyl (C=O) groups excluding carboxylic acids is 1. The first-order valence-electron chi connectivity index (χ1n) is 4.51. The van der Waals surface area contributed by atoms with Crippen molar-refractivity contribution in [3.63, 3.8) is 0 Å². The van der Waals surface area contributed by atoms with E-state index in [-0.39, 0.29) is 5.78 Å². The van der Waals surface area contributed by atoms with Crippen LogP contribution in [0, 0.1) is 0 Å². The molecule has 3 heteroatoms. The summed E-state index contributed by atoms with van der Waals surface area (Å²) < 4.78 is 6.05. The van der Waals surface area contributed by atoms with Crippen molar-refractivity contribution in [1.82, 2.24) is 0 Å². The zero-order valence-corrected chi connectivity index (χ0v) is 9.93. The first-order chi connectivity index (χ1) is 6.67. The van der Waals surface area contributed by atoms with Crippen LogP contribution in [-0.4, -0.2) is 12.9 Å². The van der Waals surface area contributed by atoms with E-state index < -0.39 is 0 Å². The Bertz CT molecular complexity index is 334. The van der Waals surface area contributed by atoms with Gasteiger partial charge in [-0.1, -0.05) is 13.0 Å². The minimum Gasteiger partial charge on any atom is -0.496 e. The van der Waals surface area contributed by atoms with Gasteiger partial charge in [0.05, 0.1) is 11.6 Å². The van der Waals surface area contributed by atoms with Gasteiger partial charge in [-0.2, -0.15) is 0 Å². The Morgan fingerprint density at radius 2 is 2.21 bits per heavy atom. The number of ether oxygens (including phenoxy) is 1. The maximum atomic E-state index is 11.2. The molecule has 14 heavy (non-hydrogen) atoms. The average molecular weight is 257 g/mol. The van der Waals surface area contributed by atoms with E-state index in [1.807, 2.05) is 25.1 Å². The molecule has 0 aliphatic rings. The highest BCUT2D eigenvalue weighted by Gasteiger charge is 2.04. The molecule has 0 saturated carbocycles. The summed E-state index contributed by atoms with van der Waals surface area (Å²) in [4.78, 5) is 11.2. The Labute approximate surface area is 92.4 Å². The fourth-order valence-corrected chi connectivity index (χ4v) is 1.58. The summed E-state index contributed by atoms with van der Waals surface area (Å²) in [7, 11) is 1.62. The van der Waals surface area contributed by atoms with Gasteiger partial charge in [-0.25, -0.2) is 0 Å². The molecule has 0 fully saturated rings. The molecule has 0 aliphatic heterocycles. The SMILES string of the molecule is CCC(=O)Cc1ccc(Br)c(OC)c1. The van der Waals surface area contributed by atoms with Crippen molar-refractivity contribution >= 4 is 21.7 Å². The van der Waals surface area contributed by atoms with Crippen molar-refractivity contribution < 1.29 is 9.53 Å². The molecule has 2 nitrogen and oxygen atoms in total.